The summed E-state index contributed by atoms with van der Waals surface area (Å²) in [5.41, 5.74) is 2.34. The van der Waals surface area contributed by atoms with Gasteiger partial charge in [0.15, 0.2) is 4.34 Å². The number of hydrogen-bond acceptors (Lipinski definition) is 8. The van der Waals surface area contributed by atoms with E-state index >= 15 is 0 Å². The van der Waals surface area contributed by atoms with E-state index in [0.29, 0.717) is 17.5 Å². The number of hydrogen-bond donors (Lipinski definition) is 1. The van der Waals surface area contributed by atoms with Crippen LogP contribution < -0.4 is 5.32 Å². The molecule has 0 saturated carbocycles. The van der Waals surface area contributed by atoms with Gasteiger partial charge in [0.25, 0.3) is 0 Å². The fourth-order valence-corrected chi connectivity index (χ4v) is 3.60. The molecule has 0 bridgehead atoms. The third-order valence-corrected chi connectivity index (χ3v) is 5.13. The topological polar surface area (TPSA) is 76.7 Å². The highest BCUT2D eigenvalue weighted by atomic mass is 32.2. The molecule has 3 rings (SSSR count). The maximum absolute atomic E-state index is 5.49. The maximum Gasteiger partial charge on any atom is 0.226 e. The zero-order chi connectivity index (χ0) is 16.1. The second kappa shape index (κ2) is 7.56. The zero-order valence-electron chi connectivity index (χ0n) is 12.9. The standard InChI is InChI=1S/C15H17N5OS2/c1-3-10-7-5-6-8-11(10)16-14-19-20-15(23-14)22-9-13-18-17-12(4-2)21-13/h5-8H,3-4,9H2,1-2H3,(H,16,19). The summed E-state index contributed by atoms with van der Waals surface area (Å²) in [5, 5.41) is 20.5. The molecular weight excluding hydrogens is 330 g/mol. The molecule has 1 N–H and O–H groups in total. The van der Waals surface area contributed by atoms with Crippen molar-refractivity contribution in [1.29, 1.82) is 0 Å². The van der Waals surface area contributed by atoms with Gasteiger partial charge in [0.05, 0.1) is 5.75 Å². The van der Waals surface area contributed by atoms with E-state index in [4.69, 9.17) is 4.42 Å². The van der Waals surface area contributed by atoms with Gasteiger partial charge in [0.1, 0.15) is 0 Å². The lowest BCUT2D eigenvalue weighted by molar-refractivity contribution is 0.470. The predicted molar refractivity (Wildman–Crippen MR) is 92.2 cm³/mol. The van der Waals surface area contributed by atoms with Crippen LogP contribution in [0.5, 0.6) is 0 Å². The van der Waals surface area contributed by atoms with Crippen LogP contribution in [0, 0.1) is 0 Å². The fraction of sp³-hybridized carbons (Fsp3) is 0.333. The molecule has 8 heteroatoms. The number of aryl methyl sites for hydroxylation is 2. The van der Waals surface area contributed by atoms with Crippen molar-refractivity contribution >= 4 is 33.9 Å². The normalized spacial score (nSPS) is 10.9. The number of thioether (sulfide) groups is 1. The summed E-state index contributed by atoms with van der Waals surface area (Å²) in [6.07, 6.45) is 1.72. The zero-order valence-corrected chi connectivity index (χ0v) is 14.6. The molecule has 0 atom stereocenters. The fourth-order valence-electron chi connectivity index (χ4n) is 2.00. The molecule has 0 saturated heterocycles. The SMILES string of the molecule is CCc1nnc(CSc2nnc(Nc3ccccc3CC)s2)o1. The van der Waals surface area contributed by atoms with Crippen molar-refractivity contribution in [1.82, 2.24) is 20.4 Å². The van der Waals surface area contributed by atoms with Crippen molar-refractivity contribution in [2.75, 3.05) is 5.32 Å². The Labute approximate surface area is 142 Å². The van der Waals surface area contributed by atoms with Crippen molar-refractivity contribution in [3.05, 3.63) is 41.6 Å². The molecular formula is C15H17N5OS2. The van der Waals surface area contributed by atoms with Gasteiger partial charge in [-0.25, -0.2) is 0 Å². The van der Waals surface area contributed by atoms with E-state index < -0.39 is 0 Å². The number of nitrogens with zero attached hydrogens (tertiary/aromatic N) is 4. The van der Waals surface area contributed by atoms with Crippen LogP contribution in [0.1, 0.15) is 31.2 Å². The second-order valence-electron chi connectivity index (χ2n) is 4.74. The molecule has 120 valence electrons. The van der Waals surface area contributed by atoms with Crippen molar-refractivity contribution in [3.8, 4) is 0 Å². The smallest absolute Gasteiger partial charge is 0.226 e. The van der Waals surface area contributed by atoms with Gasteiger partial charge in [-0.1, -0.05) is 55.1 Å². The third-order valence-electron chi connectivity index (χ3n) is 3.18. The van der Waals surface area contributed by atoms with Crippen LogP contribution in [0.3, 0.4) is 0 Å². The molecule has 2 heterocycles. The Morgan fingerprint density at radius 1 is 1.04 bits per heavy atom. The first-order chi connectivity index (χ1) is 11.3. The summed E-state index contributed by atoms with van der Waals surface area (Å²) in [6, 6.07) is 8.22. The van der Waals surface area contributed by atoms with E-state index in [1.54, 1.807) is 11.8 Å². The minimum Gasteiger partial charge on any atom is -0.424 e. The van der Waals surface area contributed by atoms with Crippen LogP contribution in [0.2, 0.25) is 0 Å². The Hall–Kier alpha value is -1.93. The lowest BCUT2D eigenvalue weighted by Gasteiger charge is -2.06. The summed E-state index contributed by atoms with van der Waals surface area (Å²) in [4.78, 5) is 0. The monoisotopic (exact) mass is 347 g/mol. The van der Waals surface area contributed by atoms with E-state index in [0.717, 1.165) is 28.0 Å². The Morgan fingerprint density at radius 2 is 1.87 bits per heavy atom. The first-order valence-electron chi connectivity index (χ1n) is 7.41. The quantitative estimate of drug-likeness (QED) is 0.645. The third kappa shape index (κ3) is 4.08. The van der Waals surface area contributed by atoms with Crippen LogP contribution in [0.25, 0.3) is 0 Å². The minimum absolute atomic E-state index is 0.604. The van der Waals surface area contributed by atoms with Crippen LogP contribution >= 0.6 is 23.1 Å². The lowest BCUT2D eigenvalue weighted by Crippen LogP contribution is -1.94. The highest BCUT2D eigenvalue weighted by Gasteiger charge is 2.10. The molecule has 0 fully saturated rings. The molecule has 0 amide bonds. The Morgan fingerprint density at radius 3 is 2.65 bits per heavy atom. The van der Waals surface area contributed by atoms with Crippen molar-refractivity contribution in [2.45, 2.75) is 36.8 Å². The maximum atomic E-state index is 5.49. The summed E-state index contributed by atoms with van der Waals surface area (Å²) in [7, 11) is 0. The van der Waals surface area contributed by atoms with Gasteiger partial charge in [-0.3, -0.25) is 0 Å². The van der Waals surface area contributed by atoms with Crippen molar-refractivity contribution in [3.63, 3.8) is 0 Å². The first-order valence-corrected chi connectivity index (χ1v) is 9.21. The number of aromatic nitrogens is 4. The van der Waals surface area contributed by atoms with E-state index in [1.165, 1.54) is 16.9 Å². The number of rotatable bonds is 7. The summed E-state index contributed by atoms with van der Waals surface area (Å²) >= 11 is 3.07. The molecule has 6 nitrogen and oxygen atoms in total. The van der Waals surface area contributed by atoms with E-state index in [2.05, 4.69) is 44.8 Å². The second-order valence-corrected chi connectivity index (χ2v) is 6.94. The molecule has 0 unspecified atom stereocenters. The number of nitrogens with one attached hydrogen (secondary N) is 1. The van der Waals surface area contributed by atoms with E-state index in [-0.39, 0.29) is 0 Å². The van der Waals surface area contributed by atoms with E-state index in [9.17, 15) is 0 Å². The minimum atomic E-state index is 0.604. The highest BCUT2D eigenvalue weighted by molar-refractivity contribution is 8.00. The molecule has 0 aliphatic heterocycles. The summed E-state index contributed by atoms with van der Waals surface area (Å²) in [6.45, 7) is 4.12. The number of para-hydroxylation sites is 1. The largest absolute Gasteiger partial charge is 0.424 e. The van der Waals surface area contributed by atoms with Crippen LogP contribution in [-0.2, 0) is 18.6 Å². The summed E-state index contributed by atoms with van der Waals surface area (Å²) < 4.78 is 6.36. The summed E-state index contributed by atoms with van der Waals surface area (Å²) in [5.74, 6) is 1.89. The highest BCUT2D eigenvalue weighted by Crippen LogP contribution is 2.30. The molecule has 0 aliphatic rings. The van der Waals surface area contributed by atoms with Gasteiger partial charge >= 0.3 is 0 Å². The molecule has 0 radical (unpaired) electrons. The Balaban J connectivity index is 1.61. The van der Waals surface area contributed by atoms with Gasteiger partial charge in [-0.05, 0) is 18.1 Å². The van der Waals surface area contributed by atoms with Crippen LogP contribution in [0.15, 0.2) is 33.0 Å². The van der Waals surface area contributed by atoms with Crippen LogP contribution in [-0.4, -0.2) is 20.4 Å². The van der Waals surface area contributed by atoms with Gasteiger partial charge in [-0.2, -0.15) is 0 Å². The molecule has 0 aliphatic carbocycles. The number of anilines is 2. The number of benzene rings is 1. The molecule has 0 spiro atoms. The van der Waals surface area contributed by atoms with Gasteiger partial charge < -0.3 is 9.73 Å². The van der Waals surface area contributed by atoms with Gasteiger partial charge in [-0.15, -0.1) is 20.4 Å². The molecule has 1 aromatic carbocycles. The average molecular weight is 347 g/mol. The van der Waals surface area contributed by atoms with Crippen molar-refractivity contribution < 1.29 is 4.42 Å². The van der Waals surface area contributed by atoms with Crippen LogP contribution in [0.4, 0.5) is 10.8 Å². The molecule has 2 aromatic heterocycles. The molecule has 23 heavy (non-hydrogen) atoms. The van der Waals surface area contributed by atoms with Gasteiger partial charge in [0, 0.05) is 12.1 Å². The van der Waals surface area contributed by atoms with Crippen molar-refractivity contribution in [2.24, 2.45) is 0 Å². The first kappa shape index (κ1) is 15.9. The lowest BCUT2D eigenvalue weighted by atomic mass is 10.1. The van der Waals surface area contributed by atoms with Gasteiger partial charge in [0.2, 0.25) is 16.9 Å². The predicted octanol–water partition coefficient (Wildman–Crippen LogP) is 4.08. The van der Waals surface area contributed by atoms with E-state index in [1.807, 2.05) is 19.1 Å². The Bertz CT molecular complexity index is 771. The molecule has 3 aromatic rings. The average Bonchev–Trinajstić information content (AvgIpc) is 3.22. The Kier molecular flexibility index (Phi) is 5.24.